The second kappa shape index (κ2) is 3.62. The van der Waals surface area contributed by atoms with Crippen molar-refractivity contribution >= 4 is 5.69 Å². The Morgan fingerprint density at radius 1 is 1.14 bits per heavy atom. The highest BCUT2D eigenvalue weighted by Gasteiger charge is 2.20. The number of nitrogens with one attached hydrogen (secondary N) is 1. The van der Waals surface area contributed by atoms with Crippen LogP contribution in [0.1, 0.15) is 37.5 Å². The molecule has 2 heteroatoms. The van der Waals surface area contributed by atoms with Gasteiger partial charge in [-0.3, -0.25) is 10.7 Å². The van der Waals surface area contributed by atoms with E-state index in [4.69, 9.17) is 5.21 Å². The Morgan fingerprint density at radius 2 is 1.71 bits per heavy atom. The lowest BCUT2D eigenvalue weighted by atomic mass is 9.82. The molecule has 0 aromatic heterocycles. The van der Waals surface area contributed by atoms with Crippen LogP contribution in [0.4, 0.5) is 5.69 Å². The molecule has 0 aliphatic carbocycles. The molecule has 14 heavy (non-hydrogen) atoms. The second-order valence-electron chi connectivity index (χ2n) is 4.87. The molecule has 0 fully saturated rings. The Labute approximate surface area is 85.9 Å². The van der Waals surface area contributed by atoms with Gasteiger partial charge in [0.05, 0.1) is 5.69 Å². The van der Waals surface area contributed by atoms with Crippen molar-refractivity contribution in [2.45, 2.75) is 40.0 Å². The van der Waals surface area contributed by atoms with Crippen LogP contribution in [-0.4, -0.2) is 5.21 Å². The van der Waals surface area contributed by atoms with Crippen molar-refractivity contribution in [3.63, 3.8) is 0 Å². The van der Waals surface area contributed by atoms with Crippen molar-refractivity contribution in [2.75, 3.05) is 5.48 Å². The van der Waals surface area contributed by atoms with Crippen LogP contribution in [0.3, 0.4) is 0 Å². The van der Waals surface area contributed by atoms with Gasteiger partial charge in [0.1, 0.15) is 0 Å². The van der Waals surface area contributed by atoms with Crippen LogP contribution in [0, 0.1) is 13.8 Å². The molecule has 0 heterocycles. The number of hydrogen-bond acceptors (Lipinski definition) is 2. The van der Waals surface area contributed by atoms with Crippen LogP contribution in [-0.2, 0) is 5.41 Å². The topological polar surface area (TPSA) is 32.3 Å². The highest BCUT2D eigenvalue weighted by Crippen LogP contribution is 2.33. The quantitative estimate of drug-likeness (QED) is 0.670. The lowest BCUT2D eigenvalue weighted by molar-refractivity contribution is 0.385. The smallest absolute Gasteiger partial charge is 0.0644 e. The van der Waals surface area contributed by atoms with Crippen molar-refractivity contribution in [2.24, 2.45) is 0 Å². The summed E-state index contributed by atoms with van der Waals surface area (Å²) in [6, 6.07) is 4.11. The van der Waals surface area contributed by atoms with Gasteiger partial charge in [-0.1, -0.05) is 26.8 Å². The van der Waals surface area contributed by atoms with Gasteiger partial charge in [0.15, 0.2) is 0 Å². The minimum absolute atomic E-state index is 0.0445. The Hall–Kier alpha value is -1.02. The summed E-state index contributed by atoms with van der Waals surface area (Å²) in [4.78, 5) is 0. The monoisotopic (exact) mass is 193 g/mol. The fourth-order valence-electron chi connectivity index (χ4n) is 2.05. The Bertz CT molecular complexity index is 337. The van der Waals surface area contributed by atoms with Gasteiger partial charge in [0.2, 0.25) is 0 Å². The molecule has 2 N–H and O–H groups in total. The van der Waals surface area contributed by atoms with Crippen molar-refractivity contribution in [1.82, 2.24) is 0 Å². The van der Waals surface area contributed by atoms with Gasteiger partial charge in [-0.15, -0.1) is 0 Å². The molecule has 0 spiro atoms. The predicted octanol–water partition coefficient (Wildman–Crippen LogP) is 3.40. The predicted molar refractivity (Wildman–Crippen MR) is 60.0 cm³/mol. The van der Waals surface area contributed by atoms with Gasteiger partial charge in [0.25, 0.3) is 0 Å². The molecule has 0 unspecified atom stereocenters. The van der Waals surface area contributed by atoms with Crippen LogP contribution in [0.5, 0.6) is 0 Å². The van der Waals surface area contributed by atoms with E-state index in [0.29, 0.717) is 0 Å². The van der Waals surface area contributed by atoms with Crippen molar-refractivity contribution in [3.8, 4) is 0 Å². The zero-order chi connectivity index (χ0) is 10.9. The summed E-state index contributed by atoms with van der Waals surface area (Å²) in [5, 5.41) is 9.08. The molecule has 0 aliphatic rings. The zero-order valence-electron chi connectivity index (χ0n) is 9.60. The SMILES string of the molecule is Cc1cc(C)c(C(C)(C)C)c(NO)c1. The van der Waals surface area contributed by atoms with E-state index in [1.807, 2.05) is 13.0 Å². The van der Waals surface area contributed by atoms with Gasteiger partial charge in [-0.2, -0.15) is 0 Å². The molecular formula is C12H19NO. The lowest BCUT2D eigenvalue weighted by Gasteiger charge is -2.25. The Morgan fingerprint density at radius 3 is 2.14 bits per heavy atom. The normalized spacial score (nSPS) is 11.6. The number of hydrogen-bond donors (Lipinski definition) is 2. The third kappa shape index (κ3) is 2.07. The van der Waals surface area contributed by atoms with E-state index in [0.717, 1.165) is 11.3 Å². The van der Waals surface area contributed by atoms with E-state index in [1.165, 1.54) is 11.1 Å². The average molecular weight is 193 g/mol. The molecule has 0 bridgehead atoms. The van der Waals surface area contributed by atoms with Gasteiger partial charge in [0, 0.05) is 0 Å². The summed E-state index contributed by atoms with van der Waals surface area (Å²) in [5.74, 6) is 0. The summed E-state index contributed by atoms with van der Waals surface area (Å²) < 4.78 is 0. The van der Waals surface area contributed by atoms with Crippen LogP contribution in [0.25, 0.3) is 0 Å². The first-order valence-corrected chi connectivity index (χ1v) is 4.88. The standard InChI is InChI=1S/C12H19NO/c1-8-6-9(2)11(12(3,4)5)10(7-8)13-14/h6-7,13-14H,1-5H3. The van der Waals surface area contributed by atoms with Gasteiger partial charge < -0.3 is 0 Å². The van der Waals surface area contributed by atoms with Crippen LogP contribution in [0.2, 0.25) is 0 Å². The number of aryl methyl sites for hydroxylation is 2. The highest BCUT2D eigenvalue weighted by molar-refractivity contribution is 5.58. The molecule has 0 amide bonds. The highest BCUT2D eigenvalue weighted by atomic mass is 16.5. The molecule has 78 valence electrons. The maximum atomic E-state index is 9.08. The molecule has 0 saturated heterocycles. The molecule has 2 nitrogen and oxygen atoms in total. The van der Waals surface area contributed by atoms with Gasteiger partial charge >= 0.3 is 0 Å². The first-order chi connectivity index (χ1) is 6.36. The molecular weight excluding hydrogens is 174 g/mol. The van der Waals surface area contributed by atoms with E-state index in [-0.39, 0.29) is 5.41 Å². The van der Waals surface area contributed by atoms with Gasteiger partial charge in [-0.05, 0) is 42.0 Å². The van der Waals surface area contributed by atoms with Crippen LogP contribution < -0.4 is 5.48 Å². The van der Waals surface area contributed by atoms with E-state index in [1.54, 1.807) is 0 Å². The van der Waals surface area contributed by atoms with Crippen molar-refractivity contribution in [1.29, 1.82) is 0 Å². The maximum Gasteiger partial charge on any atom is 0.0644 e. The van der Waals surface area contributed by atoms with E-state index in [2.05, 4.69) is 39.2 Å². The van der Waals surface area contributed by atoms with Crippen LogP contribution >= 0.6 is 0 Å². The molecule has 1 aromatic rings. The van der Waals surface area contributed by atoms with E-state index in [9.17, 15) is 0 Å². The molecule has 1 aromatic carbocycles. The summed E-state index contributed by atoms with van der Waals surface area (Å²) in [5.41, 5.74) is 6.69. The summed E-state index contributed by atoms with van der Waals surface area (Å²) in [6.45, 7) is 10.5. The minimum Gasteiger partial charge on any atom is -0.291 e. The first-order valence-electron chi connectivity index (χ1n) is 4.88. The maximum absolute atomic E-state index is 9.08. The molecule has 0 atom stereocenters. The lowest BCUT2D eigenvalue weighted by Crippen LogP contribution is -2.16. The molecule has 0 radical (unpaired) electrons. The third-order valence-corrected chi connectivity index (χ3v) is 2.35. The van der Waals surface area contributed by atoms with E-state index < -0.39 is 0 Å². The first kappa shape index (κ1) is 11.1. The zero-order valence-corrected chi connectivity index (χ0v) is 9.60. The summed E-state index contributed by atoms with van der Waals surface area (Å²) in [7, 11) is 0. The van der Waals surface area contributed by atoms with Crippen LogP contribution in [0.15, 0.2) is 12.1 Å². The fourth-order valence-corrected chi connectivity index (χ4v) is 2.05. The van der Waals surface area contributed by atoms with E-state index >= 15 is 0 Å². The fraction of sp³-hybridized carbons (Fsp3) is 0.500. The minimum atomic E-state index is 0.0445. The second-order valence-corrected chi connectivity index (χ2v) is 4.87. The largest absolute Gasteiger partial charge is 0.291 e. The number of anilines is 1. The summed E-state index contributed by atoms with van der Waals surface area (Å²) >= 11 is 0. The number of benzene rings is 1. The van der Waals surface area contributed by atoms with Gasteiger partial charge in [-0.25, -0.2) is 0 Å². The average Bonchev–Trinajstić information content (AvgIpc) is 1.99. The molecule has 0 aliphatic heterocycles. The Kier molecular flexibility index (Phi) is 2.86. The number of rotatable bonds is 1. The Balaban J connectivity index is 3.40. The van der Waals surface area contributed by atoms with Crippen molar-refractivity contribution in [3.05, 3.63) is 28.8 Å². The summed E-state index contributed by atoms with van der Waals surface area (Å²) in [6.07, 6.45) is 0. The third-order valence-electron chi connectivity index (χ3n) is 2.35. The van der Waals surface area contributed by atoms with Crippen molar-refractivity contribution < 1.29 is 5.21 Å². The molecule has 0 saturated carbocycles. The molecule has 1 rings (SSSR count).